The molecular weight excluding hydrogens is 274 g/mol. The van der Waals surface area contributed by atoms with Gasteiger partial charge >= 0.3 is 5.69 Å². The fourth-order valence-electron chi connectivity index (χ4n) is 1.91. The van der Waals surface area contributed by atoms with Crippen molar-refractivity contribution in [1.29, 1.82) is 5.26 Å². The second kappa shape index (κ2) is 6.17. The van der Waals surface area contributed by atoms with Crippen LogP contribution in [-0.4, -0.2) is 19.3 Å². The first-order valence-electron chi connectivity index (χ1n) is 6.66. The Morgan fingerprint density at radius 1 is 1.38 bits per heavy atom. The summed E-state index contributed by atoms with van der Waals surface area (Å²) in [7, 11) is 0. The van der Waals surface area contributed by atoms with E-state index in [1.807, 2.05) is 6.92 Å². The zero-order valence-corrected chi connectivity index (χ0v) is 11.9. The van der Waals surface area contributed by atoms with Crippen molar-refractivity contribution in [3.63, 3.8) is 0 Å². The minimum Gasteiger partial charge on any atom is -0.337 e. The lowest BCUT2D eigenvalue weighted by atomic mass is 10.3. The van der Waals surface area contributed by atoms with E-state index in [0.717, 1.165) is 11.0 Å². The number of rotatable bonds is 5. The summed E-state index contributed by atoms with van der Waals surface area (Å²) < 4.78 is 7.26. The SMILES string of the molecule is CCCc1noc(Cn2c(=O)c(C#N)cn(CC)c2=O)n1. The van der Waals surface area contributed by atoms with Gasteiger partial charge in [-0.05, 0) is 13.3 Å². The van der Waals surface area contributed by atoms with Gasteiger partial charge in [-0.25, -0.2) is 9.36 Å². The van der Waals surface area contributed by atoms with E-state index in [0.29, 0.717) is 18.8 Å². The van der Waals surface area contributed by atoms with E-state index >= 15 is 0 Å². The average Bonchev–Trinajstić information content (AvgIpc) is 2.92. The smallest absolute Gasteiger partial charge is 0.331 e. The van der Waals surface area contributed by atoms with Gasteiger partial charge in [0.1, 0.15) is 18.2 Å². The molecule has 21 heavy (non-hydrogen) atoms. The van der Waals surface area contributed by atoms with Gasteiger partial charge in [0.15, 0.2) is 5.82 Å². The molecule has 0 spiro atoms. The highest BCUT2D eigenvalue weighted by Gasteiger charge is 2.14. The molecule has 2 heterocycles. The number of aryl methyl sites for hydroxylation is 2. The van der Waals surface area contributed by atoms with Crippen molar-refractivity contribution in [2.45, 2.75) is 39.8 Å². The summed E-state index contributed by atoms with van der Waals surface area (Å²) in [6.07, 6.45) is 2.79. The molecule has 0 radical (unpaired) electrons. The minimum absolute atomic E-state index is 0.0928. The standard InChI is InChI=1S/C13H15N5O3/c1-3-5-10-15-11(21-16-10)8-18-12(19)9(6-14)7-17(4-2)13(18)20/h7H,3-5,8H2,1-2H3. The van der Waals surface area contributed by atoms with Gasteiger partial charge < -0.3 is 4.52 Å². The van der Waals surface area contributed by atoms with E-state index in [-0.39, 0.29) is 18.0 Å². The van der Waals surface area contributed by atoms with Crippen molar-refractivity contribution in [2.75, 3.05) is 0 Å². The summed E-state index contributed by atoms with van der Waals surface area (Å²) in [5.41, 5.74) is -1.25. The molecule has 0 N–H and O–H groups in total. The van der Waals surface area contributed by atoms with E-state index in [4.69, 9.17) is 9.78 Å². The number of hydrogen-bond acceptors (Lipinski definition) is 6. The molecule has 0 amide bonds. The normalized spacial score (nSPS) is 10.5. The van der Waals surface area contributed by atoms with Gasteiger partial charge in [-0.1, -0.05) is 12.1 Å². The van der Waals surface area contributed by atoms with Gasteiger partial charge in [0.2, 0.25) is 5.89 Å². The molecule has 0 fully saturated rings. The number of aromatic nitrogens is 4. The minimum atomic E-state index is -0.651. The maximum Gasteiger partial charge on any atom is 0.331 e. The number of hydrogen-bond donors (Lipinski definition) is 0. The van der Waals surface area contributed by atoms with E-state index in [2.05, 4.69) is 10.1 Å². The molecule has 0 aliphatic rings. The maximum atomic E-state index is 12.2. The van der Waals surface area contributed by atoms with Crippen molar-refractivity contribution in [3.05, 3.63) is 44.3 Å². The van der Waals surface area contributed by atoms with Gasteiger partial charge in [-0.3, -0.25) is 9.36 Å². The third-order valence-corrected chi connectivity index (χ3v) is 2.98. The molecule has 2 aromatic rings. The van der Waals surface area contributed by atoms with Crippen LogP contribution in [0.1, 0.15) is 37.5 Å². The Hall–Kier alpha value is -2.69. The van der Waals surface area contributed by atoms with E-state index in [1.165, 1.54) is 10.8 Å². The molecule has 0 aliphatic heterocycles. The second-order valence-electron chi connectivity index (χ2n) is 4.47. The Labute approximate surface area is 120 Å². The molecule has 0 saturated heterocycles. The molecule has 0 aliphatic carbocycles. The van der Waals surface area contributed by atoms with Crippen LogP contribution in [-0.2, 0) is 19.5 Å². The second-order valence-corrected chi connectivity index (χ2v) is 4.47. The number of nitrogens with zero attached hydrogens (tertiary/aromatic N) is 5. The Kier molecular flexibility index (Phi) is 4.33. The predicted octanol–water partition coefficient (Wildman–Crippen LogP) is 0.285. The third kappa shape index (κ3) is 2.91. The monoisotopic (exact) mass is 289 g/mol. The van der Waals surface area contributed by atoms with Crippen LogP contribution < -0.4 is 11.2 Å². The summed E-state index contributed by atoms with van der Waals surface area (Å²) in [5.74, 6) is 0.711. The van der Waals surface area contributed by atoms with Crippen molar-refractivity contribution < 1.29 is 4.52 Å². The highest BCUT2D eigenvalue weighted by molar-refractivity contribution is 5.22. The lowest BCUT2D eigenvalue weighted by Gasteiger charge is -2.07. The Morgan fingerprint density at radius 3 is 2.76 bits per heavy atom. The molecule has 0 aromatic carbocycles. The van der Waals surface area contributed by atoms with Crippen molar-refractivity contribution in [3.8, 4) is 6.07 Å². The van der Waals surface area contributed by atoms with Crippen LogP contribution in [0.4, 0.5) is 0 Å². The first-order chi connectivity index (χ1) is 10.1. The zero-order chi connectivity index (χ0) is 15.4. The summed E-state index contributed by atoms with van der Waals surface area (Å²) in [6.45, 7) is 3.96. The van der Waals surface area contributed by atoms with Crippen molar-refractivity contribution >= 4 is 0 Å². The Balaban J connectivity index is 2.45. The summed E-state index contributed by atoms with van der Waals surface area (Å²) in [5, 5.41) is 12.7. The van der Waals surface area contributed by atoms with E-state index in [1.54, 1.807) is 13.0 Å². The zero-order valence-electron chi connectivity index (χ0n) is 11.9. The fourth-order valence-corrected chi connectivity index (χ4v) is 1.91. The summed E-state index contributed by atoms with van der Waals surface area (Å²) in [4.78, 5) is 28.3. The average molecular weight is 289 g/mol. The lowest BCUT2D eigenvalue weighted by Crippen LogP contribution is -2.41. The fraction of sp³-hybridized carbons (Fsp3) is 0.462. The van der Waals surface area contributed by atoms with Gasteiger partial charge in [0.05, 0.1) is 0 Å². The molecule has 0 unspecified atom stereocenters. The van der Waals surface area contributed by atoms with Crippen LogP contribution in [0.3, 0.4) is 0 Å². The van der Waals surface area contributed by atoms with E-state index < -0.39 is 11.2 Å². The summed E-state index contributed by atoms with van der Waals surface area (Å²) >= 11 is 0. The van der Waals surface area contributed by atoms with Crippen molar-refractivity contribution in [2.24, 2.45) is 0 Å². The Morgan fingerprint density at radius 2 is 2.14 bits per heavy atom. The molecule has 110 valence electrons. The Bertz CT molecular complexity index is 793. The molecule has 0 saturated carbocycles. The maximum absolute atomic E-state index is 12.2. The molecular formula is C13H15N5O3. The molecule has 2 aromatic heterocycles. The van der Waals surface area contributed by atoms with Crippen LogP contribution in [0, 0.1) is 11.3 Å². The highest BCUT2D eigenvalue weighted by Crippen LogP contribution is 2.01. The quantitative estimate of drug-likeness (QED) is 0.782. The molecule has 0 atom stereocenters. The van der Waals surface area contributed by atoms with Crippen LogP contribution >= 0.6 is 0 Å². The lowest BCUT2D eigenvalue weighted by molar-refractivity contribution is 0.360. The molecule has 8 nitrogen and oxygen atoms in total. The van der Waals surface area contributed by atoms with Crippen LogP contribution in [0.15, 0.2) is 20.3 Å². The third-order valence-electron chi connectivity index (χ3n) is 2.98. The van der Waals surface area contributed by atoms with Crippen molar-refractivity contribution in [1.82, 2.24) is 19.3 Å². The first-order valence-corrected chi connectivity index (χ1v) is 6.66. The topological polar surface area (TPSA) is 107 Å². The largest absolute Gasteiger partial charge is 0.337 e. The predicted molar refractivity (Wildman–Crippen MR) is 72.7 cm³/mol. The number of nitriles is 1. The molecule has 8 heteroatoms. The van der Waals surface area contributed by atoms with Gasteiger partial charge in [-0.2, -0.15) is 10.2 Å². The van der Waals surface area contributed by atoms with Gasteiger partial charge in [0.25, 0.3) is 5.56 Å². The van der Waals surface area contributed by atoms with Gasteiger partial charge in [0, 0.05) is 19.2 Å². The first kappa shape index (κ1) is 14.7. The van der Waals surface area contributed by atoms with Crippen LogP contribution in [0.25, 0.3) is 0 Å². The van der Waals surface area contributed by atoms with Crippen LogP contribution in [0.5, 0.6) is 0 Å². The molecule has 0 bridgehead atoms. The highest BCUT2D eigenvalue weighted by atomic mass is 16.5. The molecule has 2 rings (SSSR count). The van der Waals surface area contributed by atoms with E-state index in [9.17, 15) is 9.59 Å². The summed E-state index contributed by atoms with van der Waals surface area (Å²) in [6, 6.07) is 1.79. The van der Waals surface area contributed by atoms with Crippen LogP contribution in [0.2, 0.25) is 0 Å². The van der Waals surface area contributed by atoms with Gasteiger partial charge in [-0.15, -0.1) is 0 Å².